The number of esters is 1. The lowest BCUT2D eigenvalue weighted by Crippen LogP contribution is -2.62. The molecule has 232 valence electrons. The first kappa shape index (κ1) is 33.3. The average Bonchev–Trinajstić information content (AvgIpc) is 2.99. The summed E-state index contributed by atoms with van der Waals surface area (Å²) in [5, 5.41) is 18.0. The van der Waals surface area contributed by atoms with Gasteiger partial charge in [0.2, 0.25) is 11.8 Å². The zero-order chi connectivity index (χ0) is 30.6. The highest BCUT2D eigenvalue weighted by atomic mass is 16.5. The summed E-state index contributed by atoms with van der Waals surface area (Å²) >= 11 is 0. The van der Waals surface area contributed by atoms with Gasteiger partial charge in [-0.3, -0.25) is 24.2 Å². The van der Waals surface area contributed by atoms with Crippen molar-refractivity contribution < 1.29 is 29.0 Å². The molecule has 10 heteroatoms. The van der Waals surface area contributed by atoms with Crippen molar-refractivity contribution in [3.63, 3.8) is 0 Å². The molecular formula is C32H48N4O6. The van der Waals surface area contributed by atoms with Crippen molar-refractivity contribution in [3.8, 4) is 0 Å². The summed E-state index contributed by atoms with van der Waals surface area (Å²) in [5.74, 6) is -2.84. The van der Waals surface area contributed by atoms with E-state index in [1.165, 1.54) is 5.01 Å². The van der Waals surface area contributed by atoms with E-state index in [-0.39, 0.29) is 24.2 Å². The largest absolute Gasteiger partial charge is 0.464 e. The zero-order valence-electron chi connectivity index (χ0n) is 25.4. The number of carbonyl (C=O) groups excluding carboxylic acids is 4. The van der Waals surface area contributed by atoms with Gasteiger partial charge >= 0.3 is 5.97 Å². The van der Waals surface area contributed by atoms with Gasteiger partial charge in [-0.25, -0.2) is 5.43 Å². The molecule has 0 saturated carbocycles. The molecule has 0 radical (unpaired) electrons. The second kappa shape index (κ2) is 16.4. The fourth-order valence-electron chi connectivity index (χ4n) is 5.29. The molecule has 0 aliphatic carbocycles. The van der Waals surface area contributed by atoms with E-state index < -0.39 is 47.9 Å². The van der Waals surface area contributed by atoms with Crippen LogP contribution in [0.25, 0.3) is 0 Å². The van der Waals surface area contributed by atoms with E-state index in [2.05, 4.69) is 16.1 Å². The van der Waals surface area contributed by atoms with Gasteiger partial charge in [0.05, 0.1) is 18.6 Å². The first-order chi connectivity index (χ1) is 20.1. The smallest absolute Gasteiger partial charge is 0.324 e. The summed E-state index contributed by atoms with van der Waals surface area (Å²) in [5.41, 5.74) is 3.88. The van der Waals surface area contributed by atoms with Crippen molar-refractivity contribution in [2.75, 3.05) is 13.2 Å². The lowest BCUT2D eigenvalue weighted by Gasteiger charge is -2.35. The Labute approximate surface area is 249 Å². The maximum Gasteiger partial charge on any atom is 0.324 e. The van der Waals surface area contributed by atoms with Crippen LogP contribution >= 0.6 is 0 Å². The van der Waals surface area contributed by atoms with Crippen molar-refractivity contribution in [3.05, 3.63) is 48.0 Å². The summed E-state index contributed by atoms with van der Waals surface area (Å²) in [6.45, 7) is 7.87. The number of rotatable bonds is 3. The molecular weight excluding hydrogens is 536 g/mol. The molecule has 0 aromatic heterocycles. The third kappa shape index (κ3) is 9.66. The molecule has 2 aliphatic rings. The van der Waals surface area contributed by atoms with E-state index in [0.29, 0.717) is 38.8 Å². The fourth-order valence-corrected chi connectivity index (χ4v) is 5.29. The van der Waals surface area contributed by atoms with Crippen molar-refractivity contribution >= 4 is 23.7 Å². The quantitative estimate of drug-likeness (QED) is 0.317. The lowest BCUT2D eigenvalue weighted by molar-refractivity contribution is -0.153. The third-order valence-electron chi connectivity index (χ3n) is 8.07. The second-order valence-electron chi connectivity index (χ2n) is 11.9. The number of hydrogen-bond donors (Lipinski definition) is 4. The number of nitrogens with zero attached hydrogens (tertiary/aromatic N) is 1. The van der Waals surface area contributed by atoms with Gasteiger partial charge in [-0.15, -0.1) is 0 Å². The van der Waals surface area contributed by atoms with Crippen molar-refractivity contribution in [1.82, 2.24) is 21.1 Å². The summed E-state index contributed by atoms with van der Waals surface area (Å²) in [6, 6.07) is 6.87. The molecule has 2 heterocycles. The molecule has 4 N–H and O–H groups in total. The maximum atomic E-state index is 13.8. The number of ether oxygens (including phenoxy) is 1. The van der Waals surface area contributed by atoms with Gasteiger partial charge in [-0.1, -0.05) is 70.2 Å². The number of nitrogens with one attached hydrogen (secondary N) is 3. The third-order valence-corrected chi connectivity index (χ3v) is 8.07. The number of aliphatic hydroxyl groups excluding tert-OH is 1. The minimum Gasteiger partial charge on any atom is -0.464 e. The Morgan fingerprint density at radius 2 is 1.71 bits per heavy atom. The molecule has 1 aromatic rings. The topological polar surface area (TPSA) is 137 Å². The van der Waals surface area contributed by atoms with Gasteiger partial charge in [0.25, 0.3) is 5.91 Å². The first-order valence-electron chi connectivity index (χ1n) is 15.3. The molecule has 1 fully saturated rings. The Hall–Kier alpha value is -3.24. The number of amides is 3. The predicted octanol–water partition coefficient (Wildman–Crippen LogP) is 2.66. The van der Waals surface area contributed by atoms with Crippen molar-refractivity contribution in [2.24, 2.45) is 17.8 Å². The highest BCUT2D eigenvalue weighted by molar-refractivity contribution is 5.93. The molecule has 2 aliphatic heterocycles. The van der Waals surface area contributed by atoms with Crippen molar-refractivity contribution in [1.29, 1.82) is 0 Å². The van der Waals surface area contributed by atoms with Gasteiger partial charge in [0.15, 0.2) is 0 Å². The van der Waals surface area contributed by atoms with Crippen LogP contribution in [-0.4, -0.2) is 71.2 Å². The molecule has 10 nitrogen and oxygen atoms in total. The fraction of sp³-hybridized carbons (Fsp3) is 0.625. The van der Waals surface area contributed by atoms with Crippen LogP contribution in [0, 0.1) is 17.8 Å². The Morgan fingerprint density at radius 3 is 2.43 bits per heavy atom. The maximum absolute atomic E-state index is 13.8. The molecule has 6 atom stereocenters. The zero-order valence-corrected chi connectivity index (χ0v) is 25.4. The Balaban J connectivity index is 1.86. The first-order valence-corrected chi connectivity index (χ1v) is 15.3. The molecule has 0 unspecified atom stereocenters. The second-order valence-corrected chi connectivity index (χ2v) is 11.9. The average molecular weight is 585 g/mol. The Kier molecular flexibility index (Phi) is 13.0. The van der Waals surface area contributed by atoms with E-state index in [4.69, 9.17) is 4.74 Å². The number of allylic oxidation sites excluding steroid dienone is 2. The number of cyclic esters (lactones) is 1. The van der Waals surface area contributed by atoms with E-state index >= 15 is 0 Å². The van der Waals surface area contributed by atoms with E-state index in [1.807, 2.05) is 63.3 Å². The van der Waals surface area contributed by atoms with Crippen LogP contribution in [-0.2, 0) is 30.3 Å². The molecule has 0 spiro atoms. The number of hydrogen-bond acceptors (Lipinski definition) is 7. The van der Waals surface area contributed by atoms with Crippen LogP contribution in [0.3, 0.4) is 0 Å². The summed E-state index contributed by atoms with van der Waals surface area (Å²) in [6.07, 6.45) is 7.52. The van der Waals surface area contributed by atoms with E-state index in [0.717, 1.165) is 18.4 Å². The van der Waals surface area contributed by atoms with E-state index in [1.54, 1.807) is 6.92 Å². The monoisotopic (exact) mass is 584 g/mol. The van der Waals surface area contributed by atoms with E-state index in [9.17, 15) is 24.3 Å². The van der Waals surface area contributed by atoms with Crippen LogP contribution in [0.15, 0.2) is 42.5 Å². The molecule has 1 aromatic carbocycles. The van der Waals surface area contributed by atoms with Gasteiger partial charge in [-0.2, -0.15) is 0 Å². The summed E-state index contributed by atoms with van der Waals surface area (Å²) in [7, 11) is 0. The highest BCUT2D eigenvalue weighted by Crippen LogP contribution is 2.19. The van der Waals surface area contributed by atoms with Gasteiger partial charge in [-0.05, 0) is 55.9 Å². The van der Waals surface area contributed by atoms with Crippen LogP contribution in [0.2, 0.25) is 0 Å². The van der Waals surface area contributed by atoms with Gasteiger partial charge in [0, 0.05) is 13.0 Å². The lowest BCUT2D eigenvalue weighted by atomic mass is 9.89. The summed E-state index contributed by atoms with van der Waals surface area (Å²) < 4.78 is 5.50. The normalized spacial score (nSPS) is 29.6. The summed E-state index contributed by atoms with van der Waals surface area (Å²) in [4.78, 5) is 53.4. The van der Waals surface area contributed by atoms with Crippen LogP contribution in [0.5, 0.6) is 0 Å². The number of carbonyl (C=O) groups is 4. The van der Waals surface area contributed by atoms with Gasteiger partial charge in [0.1, 0.15) is 18.1 Å². The standard InChI is InChI=1S/C32H48N4O6/c1-21(2)27-30(39)33-26(20-24-15-10-8-11-16-24)31(40)36-18-13-17-25(35-36)32(41)42-19-12-7-5-6-9-14-22(3)28(37)23(4)29(38)34-27/h6,8-11,15-16,21-23,25-28,35,37H,5,7,12-14,17-20H2,1-4H3,(H,33,39)(H,34,38)/t22-,23-,25-,26-,27-,28+/m0/s1. The number of fused-ring (bicyclic) bond motifs is 2. The minimum atomic E-state index is -0.937. The SMILES string of the molecule is CC(C)[C@@H]1NC(=O)[C@@H](C)[C@H](O)[C@@H](C)CC=CCCCCOC(=O)[C@@H]2CCCN(N2)C(=O)[C@H](Cc2ccccc2)NC1=O. The van der Waals surface area contributed by atoms with Crippen LogP contribution < -0.4 is 16.1 Å². The van der Waals surface area contributed by atoms with Crippen molar-refractivity contribution in [2.45, 2.75) is 96.9 Å². The molecule has 2 bridgehead atoms. The predicted molar refractivity (Wildman–Crippen MR) is 160 cm³/mol. The highest BCUT2D eigenvalue weighted by Gasteiger charge is 2.36. The molecule has 3 amide bonds. The molecule has 1 saturated heterocycles. The minimum absolute atomic E-state index is 0.166. The van der Waals surface area contributed by atoms with Crippen LogP contribution in [0.1, 0.15) is 71.8 Å². The molecule has 42 heavy (non-hydrogen) atoms. The Morgan fingerprint density at radius 1 is 0.976 bits per heavy atom. The number of benzene rings is 1. The number of hydrazine groups is 1. The number of aliphatic hydroxyl groups is 1. The van der Waals surface area contributed by atoms with Crippen LogP contribution in [0.4, 0.5) is 0 Å². The van der Waals surface area contributed by atoms with Gasteiger partial charge < -0.3 is 20.5 Å². The molecule has 3 rings (SSSR count). The Bertz CT molecular complexity index is 1080.